The van der Waals surface area contributed by atoms with Gasteiger partial charge in [0.05, 0.1) is 17.0 Å². The predicted molar refractivity (Wildman–Crippen MR) is 105 cm³/mol. The van der Waals surface area contributed by atoms with Crippen LogP contribution in [0.3, 0.4) is 0 Å². The number of amides is 1. The van der Waals surface area contributed by atoms with Gasteiger partial charge in [0.15, 0.2) is 10.6 Å². The van der Waals surface area contributed by atoms with Crippen molar-refractivity contribution in [1.29, 1.82) is 0 Å². The molecule has 2 aromatic heterocycles. The van der Waals surface area contributed by atoms with Crippen LogP contribution in [-0.4, -0.2) is 10.9 Å². The van der Waals surface area contributed by atoms with Crippen LogP contribution in [-0.2, 0) is 0 Å². The molecule has 4 aromatic rings. The first kappa shape index (κ1) is 16.2. The zero-order valence-electron chi connectivity index (χ0n) is 13.8. The Morgan fingerprint density at radius 3 is 2.74 bits per heavy atom. The van der Waals surface area contributed by atoms with E-state index in [0.717, 1.165) is 5.56 Å². The topological polar surface area (TPSA) is 63.4 Å². The van der Waals surface area contributed by atoms with E-state index in [1.54, 1.807) is 54.0 Å². The fraction of sp³-hybridized carbons (Fsp3) is 0.0500. The van der Waals surface area contributed by atoms with Crippen LogP contribution in [0.15, 0.2) is 69.3 Å². The number of thiazole rings is 1. The molecule has 2 aromatic carbocycles. The lowest BCUT2D eigenvalue weighted by molar-refractivity contribution is 0.0971. The van der Waals surface area contributed by atoms with E-state index in [2.05, 4.69) is 4.98 Å². The molecule has 5 rings (SSSR count). The van der Waals surface area contributed by atoms with Crippen molar-refractivity contribution in [1.82, 2.24) is 4.98 Å². The fourth-order valence-electron chi connectivity index (χ4n) is 3.44. The summed E-state index contributed by atoms with van der Waals surface area (Å²) in [4.78, 5) is 32.2. The van der Waals surface area contributed by atoms with Gasteiger partial charge in [0.25, 0.3) is 5.91 Å². The number of anilines is 1. The van der Waals surface area contributed by atoms with E-state index in [4.69, 9.17) is 16.0 Å². The number of hydrogen-bond acceptors (Lipinski definition) is 5. The van der Waals surface area contributed by atoms with Crippen molar-refractivity contribution in [3.63, 3.8) is 0 Å². The molecule has 1 aliphatic rings. The van der Waals surface area contributed by atoms with E-state index in [9.17, 15) is 9.59 Å². The third-order valence-corrected chi connectivity index (χ3v) is 5.57. The Labute approximate surface area is 162 Å². The molecule has 0 unspecified atom stereocenters. The molecule has 0 radical (unpaired) electrons. The van der Waals surface area contributed by atoms with Crippen LogP contribution in [0.1, 0.15) is 27.7 Å². The molecule has 5 nitrogen and oxygen atoms in total. The molecule has 0 bridgehead atoms. The number of carbonyl (C=O) groups is 1. The summed E-state index contributed by atoms with van der Waals surface area (Å²) in [6, 6.07) is 13.4. The molecule has 0 saturated heterocycles. The summed E-state index contributed by atoms with van der Waals surface area (Å²) in [5, 5.41) is 3.25. The number of aromatic nitrogens is 1. The largest absolute Gasteiger partial charge is 0.450 e. The van der Waals surface area contributed by atoms with Crippen molar-refractivity contribution < 1.29 is 9.21 Å². The molecule has 27 heavy (non-hydrogen) atoms. The number of fused-ring (bicyclic) bond motifs is 2. The van der Waals surface area contributed by atoms with Gasteiger partial charge in [0.1, 0.15) is 5.58 Å². The van der Waals surface area contributed by atoms with Crippen molar-refractivity contribution in [3.05, 3.63) is 92.2 Å². The van der Waals surface area contributed by atoms with Crippen LogP contribution in [0.25, 0.3) is 11.0 Å². The van der Waals surface area contributed by atoms with Gasteiger partial charge in [0, 0.05) is 16.6 Å². The van der Waals surface area contributed by atoms with Gasteiger partial charge in [-0.1, -0.05) is 35.9 Å². The number of benzene rings is 2. The number of halogens is 1. The van der Waals surface area contributed by atoms with Crippen LogP contribution < -0.4 is 10.3 Å². The van der Waals surface area contributed by atoms with Crippen LogP contribution in [0.2, 0.25) is 5.02 Å². The van der Waals surface area contributed by atoms with E-state index in [-0.39, 0.29) is 17.1 Å². The SMILES string of the molecule is O=C1c2oc3ccccc3c(=O)c2[C@@H](c2cccc(Cl)c2)N1c1nccs1. The minimum Gasteiger partial charge on any atom is -0.450 e. The minimum atomic E-state index is -0.641. The maximum atomic E-state index is 13.3. The average Bonchev–Trinajstić information content (AvgIpc) is 3.29. The zero-order chi connectivity index (χ0) is 18.5. The highest BCUT2D eigenvalue weighted by Crippen LogP contribution is 2.42. The summed E-state index contributed by atoms with van der Waals surface area (Å²) >= 11 is 7.50. The second kappa shape index (κ2) is 6.04. The molecule has 132 valence electrons. The summed E-state index contributed by atoms with van der Waals surface area (Å²) < 4.78 is 5.86. The van der Waals surface area contributed by atoms with E-state index in [1.807, 2.05) is 6.07 Å². The molecule has 7 heteroatoms. The van der Waals surface area contributed by atoms with Gasteiger partial charge in [-0.2, -0.15) is 0 Å². The number of hydrogen-bond donors (Lipinski definition) is 0. The van der Waals surface area contributed by atoms with Gasteiger partial charge < -0.3 is 4.42 Å². The number of nitrogens with zero attached hydrogens (tertiary/aromatic N) is 2. The Balaban J connectivity index is 1.85. The Bertz CT molecular complexity index is 1250. The first-order chi connectivity index (χ1) is 13.1. The zero-order valence-corrected chi connectivity index (χ0v) is 15.3. The Hall–Kier alpha value is -2.96. The normalized spacial score (nSPS) is 16.1. The fourth-order valence-corrected chi connectivity index (χ4v) is 4.31. The lowest BCUT2D eigenvalue weighted by atomic mass is 9.99. The number of para-hydroxylation sites is 1. The van der Waals surface area contributed by atoms with E-state index in [0.29, 0.717) is 26.7 Å². The van der Waals surface area contributed by atoms with E-state index in [1.165, 1.54) is 16.2 Å². The molecule has 0 fully saturated rings. The molecular formula is C20H11ClN2O3S. The molecular weight excluding hydrogens is 384 g/mol. The summed E-state index contributed by atoms with van der Waals surface area (Å²) in [5.74, 6) is -0.327. The van der Waals surface area contributed by atoms with Crippen LogP contribution in [0.4, 0.5) is 5.13 Å². The second-order valence-corrected chi connectivity index (χ2v) is 7.43. The highest BCUT2D eigenvalue weighted by molar-refractivity contribution is 7.13. The molecule has 0 N–H and O–H groups in total. The first-order valence-electron chi connectivity index (χ1n) is 8.19. The summed E-state index contributed by atoms with van der Waals surface area (Å²) in [6.45, 7) is 0. The van der Waals surface area contributed by atoms with Gasteiger partial charge in [0.2, 0.25) is 5.76 Å². The first-order valence-corrected chi connectivity index (χ1v) is 9.45. The van der Waals surface area contributed by atoms with Gasteiger partial charge in [-0.25, -0.2) is 4.98 Å². The highest BCUT2D eigenvalue weighted by Gasteiger charge is 2.44. The Kier molecular flexibility index (Phi) is 3.63. The third kappa shape index (κ3) is 2.41. The maximum Gasteiger partial charge on any atom is 0.297 e. The molecule has 0 spiro atoms. The van der Waals surface area contributed by atoms with Crippen LogP contribution in [0, 0.1) is 0 Å². The van der Waals surface area contributed by atoms with E-state index < -0.39 is 6.04 Å². The summed E-state index contributed by atoms with van der Waals surface area (Å²) in [6.07, 6.45) is 1.62. The Morgan fingerprint density at radius 1 is 1.11 bits per heavy atom. The van der Waals surface area contributed by atoms with Gasteiger partial charge in [-0.3, -0.25) is 14.5 Å². The van der Waals surface area contributed by atoms with Crippen LogP contribution >= 0.6 is 22.9 Å². The molecule has 1 atom stereocenters. The molecule has 1 amide bonds. The molecule has 3 heterocycles. The van der Waals surface area contributed by atoms with Gasteiger partial charge in [-0.05, 0) is 29.8 Å². The quantitative estimate of drug-likeness (QED) is 0.496. The van der Waals surface area contributed by atoms with Crippen molar-refractivity contribution >= 4 is 44.9 Å². The van der Waals surface area contributed by atoms with Crippen molar-refractivity contribution in [2.24, 2.45) is 0 Å². The van der Waals surface area contributed by atoms with Gasteiger partial charge >= 0.3 is 0 Å². The minimum absolute atomic E-state index is 0.0545. The lowest BCUT2D eigenvalue weighted by Crippen LogP contribution is -2.29. The smallest absolute Gasteiger partial charge is 0.297 e. The monoisotopic (exact) mass is 394 g/mol. The molecule has 1 aliphatic heterocycles. The lowest BCUT2D eigenvalue weighted by Gasteiger charge is -2.22. The third-order valence-electron chi connectivity index (χ3n) is 4.57. The Morgan fingerprint density at radius 2 is 1.96 bits per heavy atom. The predicted octanol–water partition coefficient (Wildman–Crippen LogP) is 4.65. The van der Waals surface area contributed by atoms with Crippen molar-refractivity contribution in [3.8, 4) is 0 Å². The number of carbonyl (C=O) groups excluding carboxylic acids is 1. The summed E-state index contributed by atoms with van der Waals surface area (Å²) in [5.41, 5.74) is 1.22. The van der Waals surface area contributed by atoms with Crippen molar-refractivity contribution in [2.75, 3.05) is 4.90 Å². The van der Waals surface area contributed by atoms with E-state index >= 15 is 0 Å². The molecule has 0 aliphatic carbocycles. The van der Waals surface area contributed by atoms with Crippen LogP contribution in [0.5, 0.6) is 0 Å². The maximum absolute atomic E-state index is 13.3. The van der Waals surface area contributed by atoms with Gasteiger partial charge in [-0.15, -0.1) is 11.3 Å². The second-order valence-electron chi connectivity index (χ2n) is 6.12. The standard InChI is InChI=1S/C20H11ClN2O3S/c21-12-5-3-4-11(10-12)16-15-17(24)13-6-1-2-7-14(13)26-18(15)19(25)23(16)20-22-8-9-27-20/h1-10,16H/t16-/m1/s1. The highest BCUT2D eigenvalue weighted by atomic mass is 35.5. The number of rotatable bonds is 2. The van der Waals surface area contributed by atoms with Crippen molar-refractivity contribution in [2.45, 2.75) is 6.04 Å². The molecule has 0 saturated carbocycles. The average molecular weight is 395 g/mol. The summed E-state index contributed by atoms with van der Waals surface area (Å²) in [7, 11) is 0.